The number of carboxylic acids is 1. The molecule has 2 rings (SSSR count). The Labute approximate surface area is 82.3 Å². The van der Waals surface area contributed by atoms with E-state index >= 15 is 0 Å². The van der Waals surface area contributed by atoms with Gasteiger partial charge in [-0.1, -0.05) is 19.1 Å². The van der Waals surface area contributed by atoms with E-state index in [0.717, 1.165) is 18.4 Å². The quantitative estimate of drug-likeness (QED) is 0.780. The van der Waals surface area contributed by atoms with Gasteiger partial charge in [0.1, 0.15) is 17.4 Å². The molecule has 1 aliphatic heterocycles. The van der Waals surface area contributed by atoms with Crippen LogP contribution in [0.25, 0.3) is 0 Å². The Hall–Kier alpha value is -1.51. The van der Waals surface area contributed by atoms with Crippen molar-refractivity contribution in [1.29, 1.82) is 0 Å². The van der Waals surface area contributed by atoms with Gasteiger partial charge in [0.15, 0.2) is 0 Å². The lowest BCUT2D eigenvalue weighted by atomic mass is 10.1. The minimum atomic E-state index is -0.918. The van der Waals surface area contributed by atoms with Crippen LogP contribution >= 0.6 is 0 Å². The fraction of sp³-hybridized carbons (Fsp3) is 0.364. The molecule has 1 N–H and O–H groups in total. The van der Waals surface area contributed by atoms with Crippen molar-refractivity contribution in [2.75, 3.05) is 0 Å². The van der Waals surface area contributed by atoms with Crippen LogP contribution in [-0.2, 0) is 6.42 Å². The smallest absolute Gasteiger partial charge is 0.339 e. The molecule has 1 aliphatic rings. The second-order valence-electron chi connectivity index (χ2n) is 3.45. The molecule has 0 saturated heterocycles. The number of ether oxygens (including phenoxy) is 1. The Balaban J connectivity index is 2.41. The van der Waals surface area contributed by atoms with Crippen LogP contribution in [0.15, 0.2) is 18.2 Å². The van der Waals surface area contributed by atoms with Gasteiger partial charge in [-0.25, -0.2) is 4.79 Å². The number of fused-ring (bicyclic) bond motifs is 1. The van der Waals surface area contributed by atoms with E-state index in [1.807, 2.05) is 13.0 Å². The molecule has 0 bridgehead atoms. The molecular formula is C11H12O3. The van der Waals surface area contributed by atoms with E-state index in [1.165, 1.54) is 0 Å². The first kappa shape index (κ1) is 9.06. The molecule has 0 saturated carbocycles. The predicted molar refractivity (Wildman–Crippen MR) is 51.8 cm³/mol. The van der Waals surface area contributed by atoms with E-state index < -0.39 is 5.97 Å². The Morgan fingerprint density at radius 3 is 3.07 bits per heavy atom. The second-order valence-corrected chi connectivity index (χ2v) is 3.45. The third-order valence-corrected chi connectivity index (χ3v) is 2.51. The zero-order valence-electron chi connectivity index (χ0n) is 7.99. The maximum Gasteiger partial charge on any atom is 0.339 e. The summed E-state index contributed by atoms with van der Waals surface area (Å²) in [5.74, 6) is -0.356. The maximum atomic E-state index is 10.9. The van der Waals surface area contributed by atoms with Crippen molar-refractivity contribution in [2.45, 2.75) is 25.9 Å². The normalized spacial score (nSPS) is 18.8. The first-order valence-electron chi connectivity index (χ1n) is 4.74. The fourth-order valence-corrected chi connectivity index (χ4v) is 1.73. The highest BCUT2D eigenvalue weighted by Gasteiger charge is 2.25. The van der Waals surface area contributed by atoms with Crippen LogP contribution in [0, 0.1) is 0 Å². The number of para-hydroxylation sites is 1. The second kappa shape index (κ2) is 3.33. The Morgan fingerprint density at radius 1 is 1.64 bits per heavy atom. The van der Waals surface area contributed by atoms with Crippen LogP contribution < -0.4 is 4.74 Å². The van der Waals surface area contributed by atoms with E-state index in [9.17, 15) is 4.79 Å². The van der Waals surface area contributed by atoms with Gasteiger partial charge in [-0.3, -0.25) is 0 Å². The molecule has 0 fully saturated rings. The topological polar surface area (TPSA) is 46.5 Å². The number of carbonyl (C=O) groups is 1. The third kappa shape index (κ3) is 1.35. The lowest BCUT2D eigenvalue weighted by Crippen LogP contribution is -2.11. The van der Waals surface area contributed by atoms with Crippen LogP contribution in [0.1, 0.15) is 29.3 Å². The van der Waals surface area contributed by atoms with Crippen molar-refractivity contribution in [3.05, 3.63) is 29.3 Å². The predicted octanol–water partition coefficient (Wildman–Crippen LogP) is 2.10. The summed E-state index contributed by atoms with van der Waals surface area (Å²) in [4.78, 5) is 10.9. The van der Waals surface area contributed by atoms with Crippen molar-refractivity contribution in [2.24, 2.45) is 0 Å². The lowest BCUT2D eigenvalue weighted by Gasteiger charge is -2.07. The SMILES string of the molecule is CCC1Cc2cccc(C(=O)O)c2O1. The highest BCUT2D eigenvalue weighted by atomic mass is 16.5. The molecule has 3 heteroatoms. The first-order valence-corrected chi connectivity index (χ1v) is 4.74. The number of carboxylic acid groups (broad SMARTS) is 1. The molecule has 0 aliphatic carbocycles. The maximum absolute atomic E-state index is 10.9. The van der Waals surface area contributed by atoms with E-state index in [-0.39, 0.29) is 11.7 Å². The summed E-state index contributed by atoms with van der Waals surface area (Å²) in [5.41, 5.74) is 1.29. The van der Waals surface area contributed by atoms with Gasteiger partial charge in [0.2, 0.25) is 0 Å². The molecule has 1 atom stereocenters. The molecule has 0 spiro atoms. The van der Waals surface area contributed by atoms with Crippen LogP contribution in [0.5, 0.6) is 5.75 Å². The summed E-state index contributed by atoms with van der Waals surface area (Å²) in [5, 5.41) is 8.93. The summed E-state index contributed by atoms with van der Waals surface area (Å²) in [6.07, 6.45) is 1.88. The monoisotopic (exact) mass is 192 g/mol. The van der Waals surface area contributed by atoms with Gasteiger partial charge in [0.25, 0.3) is 0 Å². The van der Waals surface area contributed by atoms with Crippen LogP contribution in [0.2, 0.25) is 0 Å². The fourth-order valence-electron chi connectivity index (χ4n) is 1.73. The molecular weight excluding hydrogens is 180 g/mol. The standard InChI is InChI=1S/C11H12O3/c1-2-8-6-7-4-3-5-9(11(12)13)10(7)14-8/h3-5,8H,2,6H2,1H3,(H,12,13). The van der Waals surface area contributed by atoms with Gasteiger partial charge in [-0.15, -0.1) is 0 Å². The van der Waals surface area contributed by atoms with Crippen LogP contribution in [0.4, 0.5) is 0 Å². The molecule has 1 aromatic rings. The largest absolute Gasteiger partial charge is 0.489 e. The number of hydrogen-bond donors (Lipinski definition) is 1. The molecule has 0 amide bonds. The van der Waals surface area contributed by atoms with Crippen molar-refractivity contribution in [3.63, 3.8) is 0 Å². The number of aromatic carboxylic acids is 1. The van der Waals surface area contributed by atoms with Crippen molar-refractivity contribution in [3.8, 4) is 5.75 Å². The summed E-state index contributed by atoms with van der Waals surface area (Å²) in [7, 11) is 0. The molecule has 74 valence electrons. The van der Waals surface area contributed by atoms with Gasteiger partial charge in [-0.05, 0) is 18.1 Å². The Morgan fingerprint density at radius 2 is 2.43 bits per heavy atom. The summed E-state index contributed by atoms with van der Waals surface area (Å²) in [6.45, 7) is 2.04. The zero-order valence-corrected chi connectivity index (χ0v) is 7.99. The lowest BCUT2D eigenvalue weighted by molar-refractivity contribution is 0.0691. The Bertz CT molecular complexity index is 371. The van der Waals surface area contributed by atoms with Crippen LogP contribution in [-0.4, -0.2) is 17.2 Å². The van der Waals surface area contributed by atoms with Gasteiger partial charge < -0.3 is 9.84 Å². The van der Waals surface area contributed by atoms with Crippen LogP contribution in [0.3, 0.4) is 0 Å². The number of hydrogen-bond acceptors (Lipinski definition) is 2. The minimum Gasteiger partial charge on any atom is -0.489 e. The van der Waals surface area contributed by atoms with Gasteiger partial charge >= 0.3 is 5.97 Å². The van der Waals surface area contributed by atoms with Gasteiger partial charge in [0, 0.05) is 6.42 Å². The third-order valence-electron chi connectivity index (χ3n) is 2.51. The molecule has 3 nitrogen and oxygen atoms in total. The Kier molecular flexibility index (Phi) is 2.15. The first-order chi connectivity index (χ1) is 6.72. The molecule has 1 unspecified atom stereocenters. The van der Waals surface area contributed by atoms with E-state index in [4.69, 9.17) is 9.84 Å². The zero-order chi connectivity index (χ0) is 10.1. The number of rotatable bonds is 2. The average molecular weight is 192 g/mol. The van der Waals surface area contributed by atoms with Crippen molar-refractivity contribution < 1.29 is 14.6 Å². The molecule has 14 heavy (non-hydrogen) atoms. The van der Waals surface area contributed by atoms with E-state index in [0.29, 0.717) is 5.75 Å². The highest BCUT2D eigenvalue weighted by Crippen LogP contribution is 2.33. The summed E-state index contributed by atoms with van der Waals surface area (Å²) >= 11 is 0. The molecule has 0 aromatic heterocycles. The summed E-state index contributed by atoms with van der Waals surface area (Å²) in [6, 6.07) is 5.28. The van der Waals surface area contributed by atoms with Crippen molar-refractivity contribution in [1.82, 2.24) is 0 Å². The van der Waals surface area contributed by atoms with Crippen molar-refractivity contribution >= 4 is 5.97 Å². The molecule has 1 heterocycles. The van der Waals surface area contributed by atoms with Gasteiger partial charge in [-0.2, -0.15) is 0 Å². The van der Waals surface area contributed by atoms with E-state index in [2.05, 4.69) is 0 Å². The molecule has 0 radical (unpaired) electrons. The highest BCUT2D eigenvalue weighted by molar-refractivity contribution is 5.91. The number of benzene rings is 1. The molecule has 1 aromatic carbocycles. The van der Waals surface area contributed by atoms with E-state index in [1.54, 1.807) is 12.1 Å². The average Bonchev–Trinajstić information content (AvgIpc) is 2.59. The summed E-state index contributed by atoms with van der Waals surface area (Å²) < 4.78 is 5.57. The minimum absolute atomic E-state index is 0.144. The van der Waals surface area contributed by atoms with Gasteiger partial charge in [0.05, 0.1) is 0 Å².